The molecule has 0 bridgehead atoms. The maximum Gasteiger partial charge on any atom is 0.242 e. The number of benzene rings is 1. The predicted molar refractivity (Wildman–Crippen MR) is 80.1 cm³/mol. The Kier molecular flexibility index (Phi) is 3.52. The topological polar surface area (TPSA) is 59.1 Å². The van der Waals surface area contributed by atoms with Gasteiger partial charge in [0, 0.05) is 28.5 Å². The van der Waals surface area contributed by atoms with Crippen LogP contribution in [0.25, 0.3) is 10.1 Å². The van der Waals surface area contributed by atoms with E-state index in [1.807, 2.05) is 30.3 Å². The lowest BCUT2D eigenvalue weighted by Gasteiger charge is -2.04. The van der Waals surface area contributed by atoms with E-state index in [2.05, 4.69) is 9.71 Å². The summed E-state index contributed by atoms with van der Waals surface area (Å²) >= 11 is 1.59. The number of rotatable bonds is 4. The molecule has 0 spiro atoms. The molecule has 0 aliphatic carbocycles. The van der Waals surface area contributed by atoms with Crippen molar-refractivity contribution in [1.82, 2.24) is 9.71 Å². The Hall–Kier alpha value is -1.76. The molecule has 4 nitrogen and oxygen atoms in total. The third-order valence-corrected chi connectivity index (χ3v) is 5.36. The maximum atomic E-state index is 12.1. The third kappa shape index (κ3) is 2.72. The van der Waals surface area contributed by atoms with Crippen LogP contribution >= 0.6 is 11.3 Å². The molecule has 0 atom stereocenters. The summed E-state index contributed by atoms with van der Waals surface area (Å²) in [4.78, 5) is 4.99. The quantitative estimate of drug-likeness (QED) is 0.806. The van der Waals surface area contributed by atoms with Crippen molar-refractivity contribution in [2.75, 3.05) is 0 Å². The van der Waals surface area contributed by atoms with E-state index in [4.69, 9.17) is 0 Å². The van der Waals surface area contributed by atoms with Crippen molar-refractivity contribution in [3.8, 4) is 0 Å². The van der Waals surface area contributed by atoms with Crippen molar-refractivity contribution in [1.29, 1.82) is 0 Å². The van der Waals surface area contributed by atoms with Gasteiger partial charge in [0.05, 0.1) is 0 Å². The summed E-state index contributed by atoms with van der Waals surface area (Å²) in [6.07, 6.45) is 2.89. The molecule has 6 heteroatoms. The van der Waals surface area contributed by atoms with Gasteiger partial charge in [-0.1, -0.05) is 18.2 Å². The van der Waals surface area contributed by atoms with Crippen molar-refractivity contribution in [2.45, 2.75) is 11.4 Å². The SMILES string of the molecule is O=S(=O)(NCc1cc2ccccc2s1)c1cccnc1. The Labute approximate surface area is 121 Å². The summed E-state index contributed by atoms with van der Waals surface area (Å²) in [7, 11) is -3.50. The summed E-state index contributed by atoms with van der Waals surface area (Å²) < 4.78 is 27.9. The first-order valence-electron chi connectivity index (χ1n) is 6.02. The lowest BCUT2D eigenvalue weighted by Crippen LogP contribution is -2.22. The van der Waals surface area contributed by atoms with Gasteiger partial charge in [0.2, 0.25) is 10.0 Å². The van der Waals surface area contributed by atoms with Crippen LogP contribution in [0.5, 0.6) is 0 Å². The highest BCUT2D eigenvalue weighted by Gasteiger charge is 2.14. The molecular weight excluding hydrogens is 292 g/mol. The summed E-state index contributed by atoms with van der Waals surface area (Å²) in [5.41, 5.74) is 0. The molecule has 0 saturated heterocycles. The molecule has 1 N–H and O–H groups in total. The van der Waals surface area contributed by atoms with Crippen LogP contribution in [0.15, 0.2) is 59.8 Å². The Morgan fingerprint density at radius 2 is 2.00 bits per heavy atom. The smallest absolute Gasteiger partial charge is 0.242 e. The number of nitrogens with one attached hydrogen (secondary N) is 1. The molecule has 0 radical (unpaired) electrons. The van der Waals surface area contributed by atoms with Gasteiger partial charge in [0.15, 0.2) is 0 Å². The second-order valence-corrected chi connectivity index (χ2v) is 7.20. The highest BCUT2D eigenvalue weighted by atomic mass is 32.2. The minimum atomic E-state index is -3.50. The van der Waals surface area contributed by atoms with E-state index in [0.717, 1.165) is 15.0 Å². The normalized spacial score (nSPS) is 11.8. The first-order chi connectivity index (χ1) is 9.65. The Bertz CT molecular complexity index is 794. The molecule has 0 amide bonds. The molecular formula is C14H12N2O2S2. The number of sulfonamides is 1. The van der Waals surface area contributed by atoms with Gasteiger partial charge in [-0.3, -0.25) is 4.98 Å². The van der Waals surface area contributed by atoms with Crippen LogP contribution in [0.1, 0.15) is 4.88 Å². The standard InChI is InChI=1S/C14H12N2O2S2/c17-20(18,13-5-3-7-15-10-13)16-9-12-8-11-4-1-2-6-14(11)19-12/h1-8,10,16H,9H2. The number of fused-ring (bicyclic) bond motifs is 1. The first kappa shape index (κ1) is 13.2. The maximum absolute atomic E-state index is 12.1. The number of hydrogen-bond acceptors (Lipinski definition) is 4. The average molecular weight is 304 g/mol. The summed E-state index contributed by atoms with van der Waals surface area (Å²) in [5, 5.41) is 1.13. The van der Waals surface area contributed by atoms with Crippen molar-refractivity contribution in [3.63, 3.8) is 0 Å². The molecule has 0 fully saturated rings. The average Bonchev–Trinajstić information content (AvgIpc) is 2.89. The monoisotopic (exact) mass is 304 g/mol. The number of aromatic nitrogens is 1. The van der Waals surface area contributed by atoms with E-state index in [1.165, 1.54) is 12.3 Å². The van der Waals surface area contributed by atoms with Gasteiger partial charge in [0.1, 0.15) is 4.90 Å². The molecule has 0 unspecified atom stereocenters. The lowest BCUT2D eigenvalue weighted by atomic mass is 10.2. The van der Waals surface area contributed by atoms with Gasteiger partial charge in [-0.05, 0) is 29.7 Å². The van der Waals surface area contributed by atoms with Crippen LogP contribution in [-0.2, 0) is 16.6 Å². The van der Waals surface area contributed by atoms with Crippen molar-refractivity contribution in [2.24, 2.45) is 0 Å². The van der Waals surface area contributed by atoms with Gasteiger partial charge < -0.3 is 0 Å². The van der Waals surface area contributed by atoms with Gasteiger partial charge in [-0.15, -0.1) is 11.3 Å². The number of hydrogen-bond donors (Lipinski definition) is 1. The lowest BCUT2D eigenvalue weighted by molar-refractivity contribution is 0.581. The molecule has 0 aliphatic heterocycles. The molecule has 2 aromatic heterocycles. The van der Waals surface area contributed by atoms with E-state index in [1.54, 1.807) is 23.6 Å². The predicted octanol–water partition coefficient (Wildman–Crippen LogP) is 2.77. The van der Waals surface area contributed by atoms with E-state index in [-0.39, 0.29) is 11.4 Å². The molecule has 0 saturated carbocycles. The molecule has 2 heterocycles. The minimum absolute atomic E-state index is 0.182. The summed E-state index contributed by atoms with van der Waals surface area (Å²) in [6, 6.07) is 13.1. The van der Waals surface area contributed by atoms with E-state index in [9.17, 15) is 8.42 Å². The highest BCUT2D eigenvalue weighted by molar-refractivity contribution is 7.89. The van der Waals surface area contributed by atoms with Crippen molar-refractivity contribution < 1.29 is 8.42 Å². The fourth-order valence-electron chi connectivity index (χ4n) is 1.88. The number of nitrogens with zero attached hydrogens (tertiary/aromatic N) is 1. The van der Waals surface area contributed by atoms with Crippen LogP contribution in [0.2, 0.25) is 0 Å². The number of thiophene rings is 1. The number of pyridine rings is 1. The van der Waals surface area contributed by atoms with Gasteiger partial charge in [0.25, 0.3) is 0 Å². The van der Waals surface area contributed by atoms with Gasteiger partial charge in [-0.2, -0.15) is 0 Å². The first-order valence-corrected chi connectivity index (χ1v) is 8.32. The van der Waals surface area contributed by atoms with Crippen LogP contribution in [0.4, 0.5) is 0 Å². The van der Waals surface area contributed by atoms with E-state index >= 15 is 0 Å². The summed E-state index contributed by atoms with van der Waals surface area (Å²) in [5.74, 6) is 0. The Balaban J connectivity index is 1.79. The van der Waals surface area contributed by atoms with Crippen LogP contribution in [-0.4, -0.2) is 13.4 Å². The Morgan fingerprint density at radius 1 is 1.15 bits per heavy atom. The molecule has 3 rings (SSSR count). The zero-order chi connectivity index (χ0) is 14.0. The second-order valence-electron chi connectivity index (χ2n) is 4.26. The van der Waals surface area contributed by atoms with Crippen molar-refractivity contribution >= 4 is 31.4 Å². The van der Waals surface area contributed by atoms with E-state index < -0.39 is 10.0 Å². The van der Waals surface area contributed by atoms with E-state index in [0.29, 0.717) is 0 Å². The van der Waals surface area contributed by atoms with Crippen LogP contribution in [0, 0.1) is 0 Å². The fourth-order valence-corrected chi connectivity index (χ4v) is 3.94. The van der Waals surface area contributed by atoms with Crippen LogP contribution in [0.3, 0.4) is 0 Å². The molecule has 0 aliphatic rings. The summed E-state index contributed by atoms with van der Waals surface area (Å²) in [6.45, 7) is 0.288. The molecule has 3 aromatic rings. The largest absolute Gasteiger partial charge is 0.263 e. The van der Waals surface area contributed by atoms with Gasteiger partial charge in [-0.25, -0.2) is 13.1 Å². The zero-order valence-electron chi connectivity index (χ0n) is 10.5. The third-order valence-electron chi connectivity index (χ3n) is 2.86. The highest BCUT2D eigenvalue weighted by Crippen LogP contribution is 2.25. The Morgan fingerprint density at radius 3 is 2.75 bits per heavy atom. The van der Waals surface area contributed by atoms with Crippen LogP contribution < -0.4 is 4.72 Å². The fraction of sp³-hybridized carbons (Fsp3) is 0.0714. The zero-order valence-corrected chi connectivity index (χ0v) is 12.1. The molecule has 20 heavy (non-hydrogen) atoms. The van der Waals surface area contributed by atoms with Gasteiger partial charge >= 0.3 is 0 Å². The second kappa shape index (κ2) is 5.32. The molecule has 102 valence electrons. The van der Waals surface area contributed by atoms with Crippen molar-refractivity contribution in [3.05, 3.63) is 59.7 Å². The minimum Gasteiger partial charge on any atom is -0.263 e. The molecule has 1 aromatic carbocycles.